The van der Waals surface area contributed by atoms with Gasteiger partial charge in [-0.1, -0.05) is 0 Å². The Morgan fingerprint density at radius 1 is 1.47 bits per heavy atom. The third-order valence-electron chi connectivity index (χ3n) is 2.75. The smallest absolute Gasteiger partial charge is 0.0897 e. The summed E-state index contributed by atoms with van der Waals surface area (Å²) in [5.74, 6) is 0. The lowest BCUT2D eigenvalue weighted by atomic mass is 10.3. The predicted octanol–water partition coefficient (Wildman–Crippen LogP) is 0.996. The van der Waals surface area contributed by atoms with Crippen LogP contribution >= 0.6 is 11.3 Å². The standard InChI is InChI=1S/C13H24N2O3S/c1-10(7-17-3)14-6-12(16)8-18-5-4-13-11(2)15-9-19-13/h9-10,12,14,16H,4-8H2,1-3H3. The molecular formula is C13H24N2O3S. The number of aromatic nitrogens is 1. The fraction of sp³-hybridized carbons (Fsp3) is 0.769. The molecule has 1 aromatic heterocycles. The molecule has 0 bridgehead atoms. The summed E-state index contributed by atoms with van der Waals surface area (Å²) >= 11 is 1.65. The largest absolute Gasteiger partial charge is 0.389 e. The van der Waals surface area contributed by atoms with Gasteiger partial charge in [0.15, 0.2) is 0 Å². The van der Waals surface area contributed by atoms with Crippen molar-refractivity contribution < 1.29 is 14.6 Å². The first kappa shape index (κ1) is 16.5. The van der Waals surface area contributed by atoms with Gasteiger partial charge in [-0.05, 0) is 13.8 Å². The molecule has 0 saturated carbocycles. The minimum Gasteiger partial charge on any atom is -0.389 e. The van der Waals surface area contributed by atoms with E-state index in [-0.39, 0.29) is 6.04 Å². The molecule has 2 unspecified atom stereocenters. The molecule has 6 heteroatoms. The number of methoxy groups -OCH3 is 1. The Labute approximate surface area is 119 Å². The summed E-state index contributed by atoms with van der Waals surface area (Å²) in [4.78, 5) is 5.44. The molecule has 0 aromatic carbocycles. The van der Waals surface area contributed by atoms with E-state index in [1.54, 1.807) is 18.4 Å². The molecule has 0 aliphatic heterocycles. The SMILES string of the molecule is COCC(C)NCC(O)COCCc1scnc1C. The van der Waals surface area contributed by atoms with Crippen molar-refractivity contribution in [2.75, 3.05) is 33.5 Å². The van der Waals surface area contributed by atoms with E-state index < -0.39 is 6.10 Å². The molecule has 19 heavy (non-hydrogen) atoms. The molecular weight excluding hydrogens is 264 g/mol. The molecule has 5 nitrogen and oxygen atoms in total. The van der Waals surface area contributed by atoms with Crippen LogP contribution in [-0.4, -0.2) is 55.7 Å². The van der Waals surface area contributed by atoms with Gasteiger partial charge < -0.3 is 19.9 Å². The van der Waals surface area contributed by atoms with Gasteiger partial charge in [-0.25, -0.2) is 4.98 Å². The van der Waals surface area contributed by atoms with E-state index in [4.69, 9.17) is 9.47 Å². The zero-order valence-corrected chi connectivity index (χ0v) is 12.7. The number of aliphatic hydroxyl groups is 1. The lowest BCUT2D eigenvalue weighted by Crippen LogP contribution is -2.38. The highest BCUT2D eigenvalue weighted by Crippen LogP contribution is 2.12. The number of nitrogens with one attached hydrogen (secondary N) is 1. The topological polar surface area (TPSA) is 63.6 Å². The summed E-state index contributed by atoms with van der Waals surface area (Å²) in [6, 6.07) is 0.236. The molecule has 2 atom stereocenters. The zero-order valence-electron chi connectivity index (χ0n) is 11.9. The van der Waals surface area contributed by atoms with E-state index in [0.717, 1.165) is 12.1 Å². The van der Waals surface area contributed by atoms with Crippen LogP contribution in [0.3, 0.4) is 0 Å². The summed E-state index contributed by atoms with van der Waals surface area (Å²) < 4.78 is 10.5. The second-order valence-corrected chi connectivity index (χ2v) is 5.54. The van der Waals surface area contributed by atoms with Gasteiger partial charge in [-0.15, -0.1) is 11.3 Å². The van der Waals surface area contributed by atoms with Crippen molar-refractivity contribution in [3.05, 3.63) is 16.1 Å². The Hall–Kier alpha value is -0.530. The molecule has 0 saturated heterocycles. The average molecular weight is 288 g/mol. The highest BCUT2D eigenvalue weighted by atomic mass is 32.1. The lowest BCUT2D eigenvalue weighted by Gasteiger charge is -2.16. The van der Waals surface area contributed by atoms with Crippen LogP contribution in [0.15, 0.2) is 5.51 Å². The van der Waals surface area contributed by atoms with E-state index in [0.29, 0.717) is 26.4 Å². The van der Waals surface area contributed by atoms with Gasteiger partial charge in [0, 0.05) is 31.0 Å². The average Bonchev–Trinajstić information content (AvgIpc) is 2.78. The quantitative estimate of drug-likeness (QED) is 0.629. The van der Waals surface area contributed by atoms with Crippen LogP contribution in [0.1, 0.15) is 17.5 Å². The first-order valence-corrected chi connectivity index (χ1v) is 7.38. The van der Waals surface area contributed by atoms with E-state index in [1.165, 1.54) is 4.88 Å². The van der Waals surface area contributed by atoms with Crippen LogP contribution in [0.2, 0.25) is 0 Å². The molecule has 1 heterocycles. The molecule has 1 aromatic rings. The van der Waals surface area contributed by atoms with Crippen LogP contribution in [0.25, 0.3) is 0 Å². The molecule has 0 spiro atoms. The van der Waals surface area contributed by atoms with Gasteiger partial charge in [-0.2, -0.15) is 0 Å². The number of ether oxygens (including phenoxy) is 2. The fourth-order valence-electron chi connectivity index (χ4n) is 1.66. The van der Waals surface area contributed by atoms with Crippen LogP contribution in [0, 0.1) is 6.92 Å². The number of thiazole rings is 1. The first-order valence-electron chi connectivity index (χ1n) is 6.50. The summed E-state index contributed by atoms with van der Waals surface area (Å²) in [5, 5.41) is 12.9. The third-order valence-corrected chi connectivity index (χ3v) is 3.74. The minimum atomic E-state index is -0.484. The Morgan fingerprint density at radius 3 is 2.89 bits per heavy atom. The van der Waals surface area contributed by atoms with Crippen LogP contribution in [-0.2, 0) is 15.9 Å². The number of nitrogens with zero attached hydrogens (tertiary/aromatic N) is 1. The van der Waals surface area contributed by atoms with Crippen molar-refractivity contribution in [1.82, 2.24) is 10.3 Å². The molecule has 2 N–H and O–H groups in total. The maximum absolute atomic E-state index is 9.74. The van der Waals surface area contributed by atoms with Crippen molar-refractivity contribution in [2.24, 2.45) is 0 Å². The maximum Gasteiger partial charge on any atom is 0.0897 e. The van der Waals surface area contributed by atoms with Crippen molar-refractivity contribution in [3.63, 3.8) is 0 Å². The number of aryl methyl sites for hydroxylation is 1. The molecule has 110 valence electrons. The van der Waals surface area contributed by atoms with Crippen molar-refractivity contribution in [3.8, 4) is 0 Å². The summed E-state index contributed by atoms with van der Waals surface area (Å²) in [5.41, 5.74) is 2.92. The van der Waals surface area contributed by atoms with E-state index in [2.05, 4.69) is 10.3 Å². The molecule has 0 amide bonds. The van der Waals surface area contributed by atoms with Crippen molar-refractivity contribution >= 4 is 11.3 Å². The zero-order chi connectivity index (χ0) is 14.1. The predicted molar refractivity (Wildman–Crippen MR) is 76.7 cm³/mol. The number of aliphatic hydroxyl groups excluding tert-OH is 1. The molecule has 0 aliphatic rings. The normalized spacial score (nSPS) is 14.5. The highest BCUT2D eigenvalue weighted by molar-refractivity contribution is 7.09. The monoisotopic (exact) mass is 288 g/mol. The summed E-state index contributed by atoms with van der Waals surface area (Å²) in [6.45, 7) is 6.14. The van der Waals surface area contributed by atoms with Crippen LogP contribution < -0.4 is 5.32 Å². The third kappa shape index (κ3) is 6.98. The molecule has 0 aliphatic carbocycles. The van der Waals surface area contributed by atoms with Gasteiger partial charge in [0.2, 0.25) is 0 Å². The molecule has 1 rings (SSSR count). The maximum atomic E-state index is 9.74. The van der Waals surface area contributed by atoms with Gasteiger partial charge in [0.1, 0.15) is 0 Å². The lowest BCUT2D eigenvalue weighted by molar-refractivity contribution is 0.0356. The van der Waals surface area contributed by atoms with E-state index in [9.17, 15) is 5.11 Å². The Morgan fingerprint density at radius 2 is 2.26 bits per heavy atom. The van der Waals surface area contributed by atoms with Gasteiger partial charge >= 0.3 is 0 Å². The highest BCUT2D eigenvalue weighted by Gasteiger charge is 2.07. The second kappa shape index (κ2) is 9.39. The van der Waals surface area contributed by atoms with Crippen molar-refractivity contribution in [2.45, 2.75) is 32.4 Å². The summed E-state index contributed by atoms with van der Waals surface area (Å²) in [6.07, 6.45) is 0.373. The molecule has 0 fully saturated rings. The fourth-order valence-corrected chi connectivity index (χ4v) is 2.42. The number of rotatable bonds is 10. The summed E-state index contributed by atoms with van der Waals surface area (Å²) in [7, 11) is 1.67. The Kier molecular flexibility index (Phi) is 8.16. The second-order valence-electron chi connectivity index (χ2n) is 4.60. The number of hydrogen-bond acceptors (Lipinski definition) is 6. The minimum absolute atomic E-state index is 0.236. The Bertz CT molecular complexity index is 346. The van der Waals surface area contributed by atoms with E-state index >= 15 is 0 Å². The van der Waals surface area contributed by atoms with E-state index in [1.807, 2.05) is 19.4 Å². The van der Waals surface area contributed by atoms with Crippen LogP contribution in [0.4, 0.5) is 0 Å². The first-order chi connectivity index (χ1) is 9.13. The van der Waals surface area contributed by atoms with Crippen molar-refractivity contribution in [1.29, 1.82) is 0 Å². The number of hydrogen-bond donors (Lipinski definition) is 2. The van der Waals surface area contributed by atoms with Gasteiger partial charge in [0.05, 0.1) is 37.1 Å². The molecule has 0 radical (unpaired) electrons. The van der Waals surface area contributed by atoms with Gasteiger partial charge in [0.25, 0.3) is 0 Å². The Balaban J connectivity index is 2.04. The van der Waals surface area contributed by atoms with Crippen LogP contribution in [0.5, 0.6) is 0 Å². The van der Waals surface area contributed by atoms with Gasteiger partial charge in [-0.3, -0.25) is 0 Å².